The number of nitrogens with one attached hydrogen (secondary N) is 1. The Labute approximate surface area is 118 Å². The molecule has 20 heavy (non-hydrogen) atoms. The summed E-state index contributed by atoms with van der Waals surface area (Å²) in [5.74, 6) is 0. The van der Waals surface area contributed by atoms with E-state index in [4.69, 9.17) is 0 Å². The number of anilines is 1. The average molecular weight is 266 g/mol. The standard InChI is InChI=1S/C16H18N4/c1-19-9-5-8-16(19)11-17-15-10-18-20(13-15)12-14-6-3-2-4-7-14/h2-10,13,17H,11-12H2,1H3. The summed E-state index contributed by atoms with van der Waals surface area (Å²) in [5.41, 5.74) is 3.55. The first kappa shape index (κ1) is 12.5. The SMILES string of the molecule is Cn1cccc1CNc1cnn(Cc2ccccc2)c1. The second kappa shape index (κ2) is 5.65. The first-order valence-corrected chi connectivity index (χ1v) is 6.72. The van der Waals surface area contributed by atoms with Gasteiger partial charge in [-0.1, -0.05) is 30.3 Å². The molecule has 0 amide bonds. The topological polar surface area (TPSA) is 34.8 Å². The average Bonchev–Trinajstić information content (AvgIpc) is 3.07. The number of aromatic nitrogens is 3. The number of benzene rings is 1. The van der Waals surface area contributed by atoms with Crippen molar-refractivity contribution < 1.29 is 0 Å². The van der Waals surface area contributed by atoms with Gasteiger partial charge in [0.15, 0.2) is 0 Å². The Kier molecular flexibility index (Phi) is 3.54. The Hall–Kier alpha value is -2.49. The van der Waals surface area contributed by atoms with Crippen molar-refractivity contribution in [3.05, 3.63) is 72.3 Å². The zero-order chi connectivity index (χ0) is 13.8. The highest BCUT2D eigenvalue weighted by Gasteiger charge is 2.01. The molecule has 0 radical (unpaired) electrons. The second-order valence-corrected chi connectivity index (χ2v) is 4.88. The van der Waals surface area contributed by atoms with Crippen molar-refractivity contribution in [2.24, 2.45) is 7.05 Å². The summed E-state index contributed by atoms with van der Waals surface area (Å²) in [7, 11) is 2.05. The van der Waals surface area contributed by atoms with Crippen molar-refractivity contribution in [3.63, 3.8) is 0 Å². The van der Waals surface area contributed by atoms with E-state index in [9.17, 15) is 0 Å². The summed E-state index contributed by atoms with van der Waals surface area (Å²) >= 11 is 0. The third kappa shape index (κ3) is 2.91. The van der Waals surface area contributed by atoms with Gasteiger partial charge in [-0.3, -0.25) is 4.68 Å². The molecule has 4 heteroatoms. The zero-order valence-corrected chi connectivity index (χ0v) is 11.5. The van der Waals surface area contributed by atoms with Crippen LogP contribution in [0.5, 0.6) is 0 Å². The zero-order valence-electron chi connectivity index (χ0n) is 11.5. The number of nitrogens with zero attached hydrogens (tertiary/aromatic N) is 3. The molecule has 2 aromatic heterocycles. The van der Waals surface area contributed by atoms with Gasteiger partial charge in [0, 0.05) is 25.1 Å². The Balaban J connectivity index is 1.61. The van der Waals surface area contributed by atoms with Crippen LogP contribution in [0.25, 0.3) is 0 Å². The van der Waals surface area contributed by atoms with E-state index in [1.54, 1.807) is 0 Å². The molecule has 0 spiro atoms. The molecule has 2 heterocycles. The molecule has 1 N–H and O–H groups in total. The molecule has 102 valence electrons. The van der Waals surface area contributed by atoms with Crippen LogP contribution in [0.3, 0.4) is 0 Å². The molecule has 0 atom stereocenters. The van der Waals surface area contributed by atoms with Crippen LogP contribution < -0.4 is 5.32 Å². The minimum absolute atomic E-state index is 0.798. The normalized spacial score (nSPS) is 10.7. The summed E-state index contributed by atoms with van der Waals surface area (Å²) in [6.45, 7) is 1.60. The maximum absolute atomic E-state index is 4.38. The van der Waals surface area contributed by atoms with Gasteiger partial charge in [0.05, 0.1) is 25.0 Å². The lowest BCUT2D eigenvalue weighted by Crippen LogP contribution is -2.03. The monoisotopic (exact) mass is 266 g/mol. The van der Waals surface area contributed by atoms with Crippen LogP contribution in [-0.4, -0.2) is 14.3 Å². The van der Waals surface area contributed by atoms with E-state index in [0.717, 1.165) is 18.8 Å². The molecular weight excluding hydrogens is 248 g/mol. The summed E-state index contributed by atoms with van der Waals surface area (Å²) in [6, 6.07) is 14.5. The highest BCUT2D eigenvalue weighted by Crippen LogP contribution is 2.10. The van der Waals surface area contributed by atoms with Gasteiger partial charge in [-0.2, -0.15) is 5.10 Å². The smallest absolute Gasteiger partial charge is 0.0729 e. The predicted molar refractivity (Wildman–Crippen MR) is 80.5 cm³/mol. The quantitative estimate of drug-likeness (QED) is 0.770. The number of hydrogen-bond donors (Lipinski definition) is 1. The molecule has 0 aliphatic rings. The third-order valence-corrected chi connectivity index (χ3v) is 3.35. The fourth-order valence-electron chi connectivity index (χ4n) is 2.18. The maximum atomic E-state index is 4.38. The van der Waals surface area contributed by atoms with Crippen LogP contribution in [-0.2, 0) is 20.1 Å². The van der Waals surface area contributed by atoms with Crippen molar-refractivity contribution >= 4 is 5.69 Å². The third-order valence-electron chi connectivity index (χ3n) is 3.35. The van der Waals surface area contributed by atoms with Gasteiger partial charge in [-0.25, -0.2) is 0 Å². The van der Waals surface area contributed by atoms with Gasteiger partial charge in [0.25, 0.3) is 0 Å². The molecular formula is C16H18N4. The predicted octanol–water partition coefficient (Wildman–Crippen LogP) is 2.88. The molecule has 3 aromatic rings. The van der Waals surface area contributed by atoms with Gasteiger partial charge >= 0.3 is 0 Å². The highest BCUT2D eigenvalue weighted by atomic mass is 15.3. The van der Waals surface area contributed by atoms with Crippen LogP contribution >= 0.6 is 0 Å². The fraction of sp³-hybridized carbons (Fsp3) is 0.188. The van der Waals surface area contributed by atoms with Crippen LogP contribution in [0.1, 0.15) is 11.3 Å². The molecule has 0 saturated carbocycles. The first-order valence-electron chi connectivity index (χ1n) is 6.72. The van der Waals surface area contributed by atoms with Crippen molar-refractivity contribution in [3.8, 4) is 0 Å². The Morgan fingerprint density at radius 1 is 1.10 bits per heavy atom. The Morgan fingerprint density at radius 3 is 2.70 bits per heavy atom. The van der Waals surface area contributed by atoms with Crippen LogP contribution in [0.4, 0.5) is 5.69 Å². The minimum Gasteiger partial charge on any atom is -0.377 e. The van der Waals surface area contributed by atoms with E-state index in [1.165, 1.54) is 11.3 Å². The lowest BCUT2D eigenvalue weighted by atomic mass is 10.2. The molecule has 1 aromatic carbocycles. The minimum atomic E-state index is 0.798. The number of rotatable bonds is 5. The van der Waals surface area contributed by atoms with Crippen LogP contribution in [0.15, 0.2) is 61.1 Å². The van der Waals surface area contributed by atoms with E-state index >= 15 is 0 Å². The Bertz CT molecular complexity index is 667. The van der Waals surface area contributed by atoms with Gasteiger partial charge in [-0.05, 0) is 17.7 Å². The molecule has 4 nitrogen and oxygen atoms in total. The van der Waals surface area contributed by atoms with Gasteiger partial charge in [-0.15, -0.1) is 0 Å². The Morgan fingerprint density at radius 2 is 1.95 bits per heavy atom. The molecule has 0 aliphatic carbocycles. The number of hydrogen-bond acceptors (Lipinski definition) is 2. The van der Waals surface area contributed by atoms with Crippen LogP contribution in [0, 0.1) is 0 Å². The largest absolute Gasteiger partial charge is 0.377 e. The van der Waals surface area contributed by atoms with E-state index in [0.29, 0.717) is 0 Å². The molecule has 3 rings (SSSR count). The summed E-state index contributed by atoms with van der Waals surface area (Å²) < 4.78 is 4.06. The highest BCUT2D eigenvalue weighted by molar-refractivity contribution is 5.39. The first-order chi connectivity index (χ1) is 9.81. The summed E-state index contributed by atoms with van der Waals surface area (Å²) in [6.07, 6.45) is 5.96. The van der Waals surface area contributed by atoms with Crippen molar-refractivity contribution in [1.29, 1.82) is 0 Å². The summed E-state index contributed by atoms with van der Waals surface area (Å²) in [4.78, 5) is 0. The fourth-order valence-corrected chi connectivity index (χ4v) is 2.18. The lowest BCUT2D eigenvalue weighted by Gasteiger charge is -2.05. The van der Waals surface area contributed by atoms with Crippen molar-refractivity contribution in [1.82, 2.24) is 14.3 Å². The lowest BCUT2D eigenvalue weighted by molar-refractivity contribution is 0.687. The van der Waals surface area contributed by atoms with Gasteiger partial charge in [0.2, 0.25) is 0 Å². The second-order valence-electron chi connectivity index (χ2n) is 4.88. The molecule has 0 bridgehead atoms. The number of aryl methyl sites for hydroxylation is 1. The van der Waals surface area contributed by atoms with Crippen molar-refractivity contribution in [2.45, 2.75) is 13.1 Å². The van der Waals surface area contributed by atoms with E-state index < -0.39 is 0 Å². The van der Waals surface area contributed by atoms with Gasteiger partial charge < -0.3 is 9.88 Å². The maximum Gasteiger partial charge on any atom is 0.0729 e. The van der Waals surface area contributed by atoms with Crippen molar-refractivity contribution in [2.75, 3.05) is 5.32 Å². The van der Waals surface area contributed by atoms with E-state index in [-0.39, 0.29) is 0 Å². The molecule has 0 aliphatic heterocycles. The van der Waals surface area contributed by atoms with Crippen LogP contribution in [0.2, 0.25) is 0 Å². The van der Waals surface area contributed by atoms with Gasteiger partial charge in [0.1, 0.15) is 0 Å². The van der Waals surface area contributed by atoms with E-state index in [2.05, 4.69) is 52.5 Å². The van der Waals surface area contributed by atoms with E-state index in [1.807, 2.05) is 35.3 Å². The summed E-state index contributed by atoms with van der Waals surface area (Å²) in [5, 5.41) is 7.77. The molecule has 0 unspecified atom stereocenters. The molecule has 0 saturated heterocycles. The molecule has 0 fully saturated rings.